The lowest BCUT2D eigenvalue weighted by Crippen LogP contribution is -2.60. The molecule has 2 N–H and O–H groups in total. The van der Waals surface area contributed by atoms with Crippen LogP contribution < -0.4 is 5.32 Å². The number of imide groups is 1. The minimum Gasteiger partial charge on any atom is -0.479 e. The van der Waals surface area contributed by atoms with E-state index in [9.17, 15) is 24.3 Å². The minimum absolute atomic E-state index is 0.0572. The Kier molecular flexibility index (Phi) is 5.73. The average Bonchev–Trinajstić information content (AvgIpc) is 2.57. The summed E-state index contributed by atoms with van der Waals surface area (Å²) in [5, 5.41) is 11.7. The van der Waals surface area contributed by atoms with Gasteiger partial charge in [-0.05, 0) is 24.8 Å². The van der Waals surface area contributed by atoms with Crippen LogP contribution in [0.5, 0.6) is 0 Å². The number of nitrogens with one attached hydrogen (secondary N) is 1. The summed E-state index contributed by atoms with van der Waals surface area (Å²) in [4.78, 5) is 50.0. The van der Waals surface area contributed by atoms with E-state index in [1.165, 1.54) is 4.90 Å². The van der Waals surface area contributed by atoms with E-state index < -0.39 is 29.9 Å². The third-order valence-electron chi connectivity index (χ3n) is 3.97. The third-order valence-corrected chi connectivity index (χ3v) is 3.97. The fraction of sp³-hybridized carbons (Fsp3) is 0.500. The fourth-order valence-corrected chi connectivity index (χ4v) is 2.72. The van der Waals surface area contributed by atoms with E-state index in [1.807, 2.05) is 19.1 Å². The summed E-state index contributed by atoms with van der Waals surface area (Å²) >= 11 is 0. The van der Waals surface area contributed by atoms with Crippen molar-refractivity contribution in [2.75, 3.05) is 19.6 Å². The molecular weight excluding hydrogens is 314 g/mol. The van der Waals surface area contributed by atoms with Crippen LogP contribution in [0.4, 0.5) is 4.79 Å². The van der Waals surface area contributed by atoms with E-state index in [0.29, 0.717) is 31.4 Å². The van der Waals surface area contributed by atoms with E-state index in [2.05, 4.69) is 5.32 Å². The SMILES string of the molecule is CCCN1CCN(C(=O)NC(C(=O)O)C2=CCC=CC2)C(=O)C1=O. The Hall–Kier alpha value is -2.64. The van der Waals surface area contributed by atoms with Crippen molar-refractivity contribution < 1.29 is 24.3 Å². The second kappa shape index (κ2) is 7.76. The van der Waals surface area contributed by atoms with Gasteiger partial charge in [0.1, 0.15) is 6.04 Å². The maximum atomic E-state index is 12.3. The number of nitrogens with zero attached hydrogens (tertiary/aromatic N) is 2. The van der Waals surface area contributed by atoms with Gasteiger partial charge in [0.25, 0.3) is 0 Å². The zero-order valence-electron chi connectivity index (χ0n) is 13.5. The first-order valence-electron chi connectivity index (χ1n) is 7.93. The summed E-state index contributed by atoms with van der Waals surface area (Å²) in [6.07, 6.45) is 7.21. The Bertz CT molecular complexity index is 611. The quantitative estimate of drug-likeness (QED) is 0.562. The second-order valence-electron chi connectivity index (χ2n) is 5.66. The van der Waals surface area contributed by atoms with Crippen LogP contribution in [0.3, 0.4) is 0 Å². The molecule has 8 heteroatoms. The molecule has 0 aromatic carbocycles. The first-order chi connectivity index (χ1) is 11.5. The predicted molar refractivity (Wildman–Crippen MR) is 85.0 cm³/mol. The highest BCUT2D eigenvalue weighted by atomic mass is 16.4. The van der Waals surface area contributed by atoms with Gasteiger partial charge in [-0.1, -0.05) is 25.2 Å². The number of allylic oxidation sites excluding steroid dienone is 3. The van der Waals surface area contributed by atoms with Crippen LogP contribution in [0.2, 0.25) is 0 Å². The molecule has 2 rings (SSSR count). The average molecular weight is 335 g/mol. The van der Waals surface area contributed by atoms with Crippen molar-refractivity contribution >= 4 is 23.8 Å². The lowest BCUT2D eigenvalue weighted by molar-refractivity contribution is -0.153. The van der Waals surface area contributed by atoms with Crippen LogP contribution in [0.25, 0.3) is 0 Å². The number of carboxylic acid groups (broad SMARTS) is 1. The number of aliphatic carboxylic acids is 1. The molecule has 1 heterocycles. The minimum atomic E-state index is -1.21. The zero-order valence-corrected chi connectivity index (χ0v) is 13.5. The summed E-state index contributed by atoms with van der Waals surface area (Å²) < 4.78 is 0. The van der Waals surface area contributed by atoms with Gasteiger partial charge in [0.15, 0.2) is 0 Å². The topological polar surface area (TPSA) is 107 Å². The third kappa shape index (κ3) is 3.81. The molecule has 0 aromatic rings. The van der Waals surface area contributed by atoms with E-state index in [-0.39, 0.29) is 13.1 Å². The molecular formula is C16H21N3O5. The molecule has 0 aromatic heterocycles. The number of hydrogen-bond donors (Lipinski definition) is 2. The lowest BCUT2D eigenvalue weighted by Gasteiger charge is -2.33. The van der Waals surface area contributed by atoms with Gasteiger partial charge in [0, 0.05) is 19.6 Å². The van der Waals surface area contributed by atoms with Gasteiger partial charge in [-0.2, -0.15) is 0 Å². The molecule has 130 valence electrons. The molecule has 0 radical (unpaired) electrons. The summed E-state index contributed by atoms with van der Waals surface area (Å²) in [7, 11) is 0. The molecule has 8 nitrogen and oxygen atoms in total. The monoisotopic (exact) mass is 335 g/mol. The summed E-state index contributed by atoms with van der Waals surface area (Å²) in [6, 6.07) is -2.06. The summed E-state index contributed by atoms with van der Waals surface area (Å²) in [5.74, 6) is -2.85. The predicted octanol–water partition coefficient (Wildman–Crippen LogP) is 0.506. The van der Waals surface area contributed by atoms with Gasteiger partial charge < -0.3 is 15.3 Å². The highest BCUT2D eigenvalue weighted by Crippen LogP contribution is 2.16. The Balaban J connectivity index is 2.05. The highest BCUT2D eigenvalue weighted by Gasteiger charge is 2.37. The van der Waals surface area contributed by atoms with Crippen molar-refractivity contribution in [2.45, 2.75) is 32.2 Å². The van der Waals surface area contributed by atoms with Crippen LogP contribution >= 0.6 is 0 Å². The molecule has 1 fully saturated rings. The van der Waals surface area contributed by atoms with Crippen molar-refractivity contribution in [2.24, 2.45) is 0 Å². The Morgan fingerprint density at radius 2 is 2.00 bits per heavy atom. The van der Waals surface area contributed by atoms with Crippen molar-refractivity contribution in [1.29, 1.82) is 0 Å². The number of hydrogen-bond acceptors (Lipinski definition) is 4. The normalized spacial score (nSPS) is 19.1. The summed E-state index contributed by atoms with van der Waals surface area (Å²) in [5.41, 5.74) is 0.557. The van der Waals surface area contributed by atoms with Gasteiger partial charge in [-0.3, -0.25) is 14.5 Å². The molecule has 1 unspecified atom stereocenters. The standard InChI is InChI=1S/C16H21N3O5/c1-2-8-18-9-10-19(14(21)13(18)20)16(24)17-12(15(22)23)11-6-4-3-5-7-11/h3-4,7,12H,2,5-6,8-10H2,1H3,(H,17,24)(H,22,23). The molecule has 0 saturated carbocycles. The zero-order chi connectivity index (χ0) is 17.7. The summed E-state index contributed by atoms with van der Waals surface area (Å²) in [6.45, 7) is 2.66. The number of carbonyl (C=O) groups is 4. The maximum Gasteiger partial charge on any atom is 0.330 e. The molecule has 0 bridgehead atoms. The number of carbonyl (C=O) groups excluding carboxylic acids is 3. The van der Waals surface area contributed by atoms with Crippen molar-refractivity contribution in [3.63, 3.8) is 0 Å². The number of piperazine rings is 1. The smallest absolute Gasteiger partial charge is 0.330 e. The van der Waals surface area contributed by atoms with Crippen LogP contribution in [0, 0.1) is 0 Å². The fourth-order valence-electron chi connectivity index (χ4n) is 2.72. The maximum absolute atomic E-state index is 12.3. The number of amides is 4. The lowest BCUT2D eigenvalue weighted by atomic mass is 9.98. The molecule has 1 aliphatic carbocycles. The van der Waals surface area contributed by atoms with Crippen LogP contribution in [0.1, 0.15) is 26.2 Å². The number of rotatable bonds is 5. The molecule has 1 saturated heterocycles. The van der Waals surface area contributed by atoms with Crippen molar-refractivity contribution in [3.05, 3.63) is 23.8 Å². The molecule has 4 amide bonds. The van der Waals surface area contributed by atoms with Crippen LogP contribution in [-0.4, -0.2) is 64.4 Å². The molecule has 0 spiro atoms. The van der Waals surface area contributed by atoms with Gasteiger partial charge in [0.05, 0.1) is 0 Å². The first-order valence-corrected chi connectivity index (χ1v) is 7.93. The molecule has 2 aliphatic rings. The van der Waals surface area contributed by atoms with Gasteiger partial charge in [-0.25, -0.2) is 9.59 Å². The van der Waals surface area contributed by atoms with E-state index in [0.717, 1.165) is 4.90 Å². The Labute approximate surface area is 139 Å². The Morgan fingerprint density at radius 3 is 2.58 bits per heavy atom. The van der Waals surface area contributed by atoms with Crippen LogP contribution in [-0.2, 0) is 14.4 Å². The first kappa shape index (κ1) is 17.7. The Morgan fingerprint density at radius 1 is 1.25 bits per heavy atom. The van der Waals surface area contributed by atoms with Crippen molar-refractivity contribution in [3.8, 4) is 0 Å². The number of carboxylic acids is 1. The van der Waals surface area contributed by atoms with E-state index in [1.54, 1.807) is 6.08 Å². The largest absolute Gasteiger partial charge is 0.479 e. The van der Waals surface area contributed by atoms with Crippen molar-refractivity contribution in [1.82, 2.24) is 15.1 Å². The highest BCUT2D eigenvalue weighted by molar-refractivity contribution is 6.38. The van der Waals surface area contributed by atoms with Gasteiger partial charge >= 0.3 is 23.8 Å². The molecule has 1 aliphatic heterocycles. The van der Waals surface area contributed by atoms with E-state index >= 15 is 0 Å². The second-order valence-corrected chi connectivity index (χ2v) is 5.66. The van der Waals surface area contributed by atoms with E-state index in [4.69, 9.17) is 0 Å². The molecule has 24 heavy (non-hydrogen) atoms. The van der Waals surface area contributed by atoms with Gasteiger partial charge in [-0.15, -0.1) is 0 Å². The van der Waals surface area contributed by atoms with Gasteiger partial charge in [0.2, 0.25) is 0 Å². The number of urea groups is 1. The van der Waals surface area contributed by atoms with Crippen LogP contribution in [0.15, 0.2) is 23.8 Å². The molecule has 1 atom stereocenters.